The molecule has 0 aliphatic rings. The minimum Gasteiger partial charge on any atom is -0.479 e. The van der Waals surface area contributed by atoms with Crippen LogP contribution in [0.5, 0.6) is 5.88 Å². The van der Waals surface area contributed by atoms with Gasteiger partial charge < -0.3 is 9.30 Å². The molecule has 0 saturated carbocycles. The van der Waals surface area contributed by atoms with Crippen molar-refractivity contribution in [1.29, 1.82) is 0 Å². The maximum atomic E-state index is 5.86. The highest BCUT2D eigenvalue weighted by Crippen LogP contribution is 2.26. The van der Waals surface area contributed by atoms with Gasteiger partial charge >= 0.3 is 0 Å². The van der Waals surface area contributed by atoms with E-state index < -0.39 is 0 Å². The maximum absolute atomic E-state index is 5.86. The van der Waals surface area contributed by atoms with Gasteiger partial charge in [-0.1, -0.05) is 20.8 Å². The number of fused-ring (bicyclic) bond motifs is 1. The molecule has 2 heterocycles. The maximum Gasteiger partial charge on any atom is 0.245 e. The summed E-state index contributed by atoms with van der Waals surface area (Å²) in [6.07, 6.45) is 2.21. The van der Waals surface area contributed by atoms with Crippen LogP contribution < -0.4 is 4.74 Å². The summed E-state index contributed by atoms with van der Waals surface area (Å²) in [6.45, 7) is 7.38. The van der Waals surface area contributed by atoms with Crippen molar-refractivity contribution in [2.24, 2.45) is 5.41 Å². The van der Waals surface area contributed by atoms with Crippen LogP contribution in [0.15, 0.2) is 6.33 Å². The third kappa shape index (κ3) is 2.97. The largest absolute Gasteiger partial charge is 0.479 e. The SMILES string of the molecule is COc1ncnc2c1nc(CCCl)n2CC(C)(C)C. The minimum absolute atomic E-state index is 0.132. The normalized spacial score (nSPS) is 12.1. The van der Waals surface area contributed by atoms with E-state index in [-0.39, 0.29) is 5.41 Å². The Bertz CT molecular complexity index is 574. The van der Waals surface area contributed by atoms with E-state index in [1.807, 2.05) is 0 Å². The van der Waals surface area contributed by atoms with Gasteiger partial charge in [-0.15, -0.1) is 11.6 Å². The lowest BCUT2D eigenvalue weighted by Gasteiger charge is -2.20. The smallest absolute Gasteiger partial charge is 0.245 e. The molecule has 0 radical (unpaired) electrons. The molecule has 0 N–H and O–H groups in total. The van der Waals surface area contributed by atoms with Crippen molar-refractivity contribution in [3.63, 3.8) is 0 Å². The zero-order valence-electron chi connectivity index (χ0n) is 11.8. The highest BCUT2D eigenvalue weighted by Gasteiger charge is 2.20. The van der Waals surface area contributed by atoms with Crippen molar-refractivity contribution in [1.82, 2.24) is 19.5 Å². The number of imidazole rings is 1. The Morgan fingerprint density at radius 1 is 1.32 bits per heavy atom. The molecule has 0 spiro atoms. The van der Waals surface area contributed by atoms with Crippen molar-refractivity contribution in [3.8, 4) is 5.88 Å². The molecule has 0 saturated heterocycles. The van der Waals surface area contributed by atoms with Gasteiger partial charge in [-0.2, -0.15) is 4.98 Å². The molecule has 6 heteroatoms. The molecule has 2 aromatic rings. The quantitative estimate of drug-likeness (QED) is 0.809. The minimum atomic E-state index is 0.132. The first-order valence-corrected chi connectivity index (χ1v) is 6.80. The molecule has 0 amide bonds. The predicted molar refractivity (Wildman–Crippen MR) is 75.8 cm³/mol. The van der Waals surface area contributed by atoms with Crippen molar-refractivity contribution in [3.05, 3.63) is 12.2 Å². The van der Waals surface area contributed by atoms with E-state index in [9.17, 15) is 0 Å². The van der Waals surface area contributed by atoms with Gasteiger partial charge in [0.1, 0.15) is 12.2 Å². The Morgan fingerprint density at radius 3 is 2.63 bits per heavy atom. The van der Waals surface area contributed by atoms with Gasteiger partial charge in [-0.3, -0.25) is 0 Å². The first kappa shape index (κ1) is 14.1. The third-order valence-electron chi connectivity index (χ3n) is 2.72. The predicted octanol–water partition coefficient (Wildman–Crippen LogP) is 2.66. The summed E-state index contributed by atoms with van der Waals surface area (Å²) < 4.78 is 7.36. The van der Waals surface area contributed by atoms with Gasteiger partial charge in [0.2, 0.25) is 5.88 Å². The van der Waals surface area contributed by atoms with Gasteiger partial charge in [0.25, 0.3) is 0 Å². The number of aryl methyl sites for hydroxylation is 1. The van der Waals surface area contributed by atoms with E-state index in [0.29, 0.717) is 23.7 Å². The summed E-state index contributed by atoms with van der Waals surface area (Å²) in [7, 11) is 1.59. The first-order chi connectivity index (χ1) is 8.96. The Balaban J connectivity index is 2.60. The van der Waals surface area contributed by atoms with Crippen LogP contribution in [0, 0.1) is 5.41 Å². The lowest BCUT2D eigenvalue weighted by atomic mass is 9.97. The van der Waals surface area contributed by atoms with Crippen LogP contribution in [0.2, 0.25) is 0 Å². The Labute approximate surface area is 118 Å². The number of alkyl halides is 1. The lowest BCUT2D eigenvalue weighted by molar-refractivity contribution is 0.342. The van der Waals surface area contributed by atoms with E-state index in [2.05, 4.69) is 40.3 Å². The molecular weight excluding hydrogens is 264 g/mol. The number of hydrogen-bond acceptors (Lipinski definition) is 4. The van der Waals surface area contributed by atoms with E-state index >= 15 is 0 Å². The number of hydrogen-bond donors (Lipinski definition) is 0. The third-order valence-corrected chi connectivity index (χ3v) is 2.91. The fraction of sp³-hybridized carbons (Fsp3) is 0.615. The standard InChI is InChI=1S/C13H19ClN4O/c1-13(2,3)7-18-9(5-6-14)17-10-11(18)15-8-16-12(10)19-4/h8H,5-7H2,1-4H3. The zero-order valence-corrected chi connectivity index (χ0v) is 12.5. The van der Waals surface area contributed by atoms with Crippen molar-refractivity contribution < 1.29 is 4.74 Å². The summed E-state index contributed by atoms with van der Waals surface area (Å²) in [4.78, 5) is 13.0. The summed E-state index contributed by atoms with van der Waals surface area (Å²) >= 11 is 5.86. The molecule has 19 heavy (non-hydrogen) atoms. The molecule has 5 nitrogen and oxygen atoms in total. The fourth-order valence-electron chi connectivity index (χ4n) is 2.03. The fourth-order valence-corrected chi connectivity index (χ4v) is 2.20. The molecule has 0 aliphatic carbocycles. The van der Waals surface area contributed by atoms with Crippen LogP contribution in [0.1, 0.15) is 26.6 Å². The summed E-state index contributed by atoms with van der Waals surface area (Å²) in [5, 5.41) is 0. The van der Waals surface area contributed by atoms with Crippen LogP contribution in [-0.4, -0.2) is 32.5 Å². The number of aromatic nitrogens is 4. The average Bonchev–Trinajstić information content (AvgIpc) is 2.66. The van der Waals surface area contributed by atoms with Crippen LogP contribution in [0.3, 0.4) is 0 Å². The van der Waals surface area contributed by atoms with E-state index in [1.54, 1.807) is 7.11 Å². The molecule has 2 rings (SSSR count). The van der Waals surface area contributed by atoms with E-state index in [4.69, 9.17) is 16.3 Å². The van der Waals surface area contributed by atoms with Gasteiger partial charge in [-0.05, 0) is 5.41 Å². The van der Waals surface area contributed by atoms with Gasteiger partial charge in [-0.25, -0.2) is 9.97 Å². The average molecular weight is 283 g/mol. The number of ether oxygens (including phenoxy) is 1. The second-order valence-corrected chi connectivity index (χ2v) is 6.05. The summed E-state index contributed by atoms with van der Waals surface area (Å²) in [5.41, 5.74) is 1.64. The molecule has 0 fully saturated rings. The Hall–Kier alpha value is -1.36. The molecule has 0 aliphatic heterocycles. The van der Waals surface area contributed by atoms with Crippen molar-refractivity contribution in [2.75, 3.05) is 13.0 Å². The second-order valence-electron chi connectivity index (χ2n) is 5.67. The number of rotatable bonds is 4. The number of methoxy groups -OCH3 is 1. The summed E-state index contributed by atoms with van der Waals surface area (Å²) in [6, 6.07) is 0. The molecule has 0 bridgehead atoms. The molecule has 2 aromatic heterocycles. The van der Waals surface area contributed by atoms with Crippen LogP contribution in [0.4, 0.5) is 0 Å². The topological polar surface area (TPSA) is 52.8 Å². The van der Waals surface area contributed by atoms with Crippen LogP contribution in [0.25, 0.3) is 11.2 Å². The van der Waals surface area contributed by atoms with Gasteiger partial charge in [0.15, 0.2) is 11.2 Å². The molecule has 0 unspecified atom stereocenters. The second kappa shape index (κ2) is 5.33. The number of nitrogens with zero attached hydrogens (tertiary/aromatic N) is 4. The summed E-state index contributed by atoms with van der Waals surface area (Å²) in [5.74, 6) is 1.97. The van der Waals surface area contributed by atoms with E-state index in [0.717, 1.165) is 18.0 Å². The van der Waals surface area contributed by atoms with Crippen LogP contribution in [-0.2, 0) is 13.0 Å². The zero-order chi connectivity index (χ0) is 14.0. The number of halogens is 1. The Morgan fingerprint density at radius 2 is 2.05 bits per heavy atom. The van der Waals surface area contributed by atoms with Gasteiger partial charge in [0.05, 0.1) is 7.11 Å². The molecule has 0 aromatic carbocycles. The highest BCUT2D eigenvalue weighted by molar-refractivity contribution is 6.17. The highest BCUT2D eigenvalue weighted by atomic mass is 35.5. The monoisotopic (exact) mass is 282 g/mol. The Kier molecular flexibility index (Phi) is 3.94. The molecule has 104 valence electrons. The lowest BCUT2D eigenvalue weighted by Crippen LogP contribution is -2.18. The van der Waals surface area contributed by atoms with Gasteiger partial charge in [0, 0.05) is 18.8 Å². The first-order valence-electron chi connectivity index (χ1n) is 6.26. The van der Waals surface area contributed by atoms with Crippen LogP contribution >= 0.6 is 11.6 Å². The molecular formula is C13H19ClN4O. The molecule has 0 atom stereocenters. The van der Waals surface area contributed by atoms with Crippen molar-refractivity contribution >= 4 is 22.8 Å². The van der Waals surface area contributed by atoms with Crippen molar-refractivity contribution in [2.45, 2.75) is 33.7 Å². The van der Waals surface area contributed by atoms with E-state index in [1.165, 1.54) is 6.33 Å².